The summed E-state index contributed by atoms with van der Waals surface area (Å²) in [5.74, 6) is 0.157. The number of carbonyl (C=O) groups is 2. The van der Waals surface area contributed by atoms with E-state index >= 15 is 0 Å². The quantitative estimate of drug-likeness (QED) is 0.602. The van der Waals surface area contributed by atoms with E-state index in [1.165, 1.54) is 4.90 Å². The van der Waals surface area contributed by atoms with E-state index in [2.05, 4.69) is 0 Å². The molecule has 1 amide bonds. The molecular weight excluding hydrogens is 268 g/mol. The molecule has 100 valence electrons. The first-order valence-corrected chi connectivity index (χ1v) is 10.3. The fourth-order valence-electron chi connectivity index (χ4n) is 1.99. The van der Waals surface area contributed by atoms with E-state index in [4.69, 9.17) is 10.2 Å². The second-order valence-electron chi connectivity index (χ2n) is 5.57. The van der Waals surface area contributed by atoms with Gasteiger partial charge in [0.1, 0.15) is 17.1 Å². The maximum atomic E-state index is 12.2. The summed E-state index contributed by atoms with van der Waals surface area (Å²) in [6.45, 7) is 7.69. The maximum Gasteiger partial charge on any atom is 0.341 e. The van der Waals surface area contributed by atoms with E-state index in [0.29, 0.717) is 5.70 Å². The predicted molar refractivity (Wildman–Crippen MR) is 73.2 cm³/mol. The summed E-state index contributed by atoms with van der Waals surface area (Å²) in [4.78, 5) is 25.5. The molecule has 0 aromatic rings. The normalized spacial score (nSPS) is 27.8. The number of fused-ring (bicyclic) bond motifs is 1. The van der Waals surface area contributed by atoms with Crippen molar-refractivity contribution in [2.75, 3.05) is 5.75 Å². The highest BCUT2D eigenvalue weighted by Crippen LogP contribution is 2.39. The summed E-state index contributed by atoms with van der Waals surface area (Å²) in [5.41, 5.74) is 7.03. The molecule has 2 atom stereocenters. The Bertz CT molecular complexity index is 444. The highest BCUT2D eigenvalue weighted by atomic mass is 32.2. The molecule has 0 aromatic carbocycles. The van der Waals surface area contributed by atoms with Crippen LogP contribution in [0.3, 0.4) is 0 Å². The summed E-state index contributed by atoms with van der Waals surface area (Å²) in [6.07, 6.45) is 0. The van der Waals surface area contributed by atoms with E-state index in [1.807, 2.05) is 26.6 Å². The lowest BCUT2D eigenvalue weighted by molar-refractivity contribution is -0.147. The van der Waals surface area contributed by atoms with Crippen LogP contribution in [0, 0.1) is 0 Å². The fraction of sp³-hybridized carbons (Fsp3) is 0.636. The van der Waals surface area contributed by atoms with Gasteiger partial charge in [-0.1, -0.05) is 0 Å². The van der Waals surface area contributed by atoms with E-state index in [0.717, 1.165) is 11.3 Å². The number of carbonyl (C=O) groups excluding carboxylic acids is 2. The number of nitrogens with two attached hydrogens (primary N) is 1. The summed E-state index contributed by atoms with van der Waals surface area (Å²) in [5, 5.41) is -0.106. The van der Waals surface area contributed by atoms with Crippen molar-refractivity contribution in [2.45, 2.75) is 38.0 Å². The van der Waals surface area contributed by atoms with Gasteiger partial charge in [0.15, 0.2) is 0 Å². The van der Waals surface area contributed by atoms with Crippen molar-refractivity contribution in [1.82, 2.24) is 4.90 Å². The molecule has 0 aliphatic carbocycles. The smallest absolute Gasteiger partial charge is 0.341 e. The van der Waals surface area contributed by atoms with Gasteiger partial charge < -0.3 is 10.2 Å². The van der Waals surface area contributed by atoms with Crippen LogP contribution in [-0.4, -0.2) is 42.3 Å². The molecule has 0 bridgehead atoms. The van der Waals surface area contributed by atoms with Gasteiger partial charge in [-0.05, 0) is 32.1 Å². The Morgan fingerprint density at radius 3 is 2.67 bits per heavy atom. The minimum absolute atomic E-state index is 0.106. The molecule has 2 rings (SSSR count). The molecule has 18 heavy (non-hydrogen) atoms. The van der Waals surface area contributed by atoms with Crippen LogP contribution in [0.15, 0.2) is 11.3 Å². The van der Waals surface area contributed by atoms with Gasteiger partial charge in [-0.3, -0.25) is 9.69 Å². The zero-order valence-electron chi connectivity index (χ0n) is 11.0. The van der Waals surface area contributed by atoms with Crippen molar-refractivity contribution in [3.63, 3.8) is 0 Å². The van der Waals surface area contributed by atoms with Crippen LogP contribution in [0.1, 0.15) is 6.92 Å². The third-order valence-electron chi connectivity index (χ3n) is 2.79. The Kier molecular flexibility index (Phi) is 3.33. The molecule has 1 saturated heterocycles. The second-order valence-corrected chi connectivity index (χ2v) is 11.1. The molecule has 1 fully saturated rings. The van der Waals surface area contributed by atoms with E-state index in [1.54, 1.807) is 11.8 Å². The Balaban J connectivity index is 2.25. The minimum Gasteiger partial charge on any atom is -0.515 e. The standard InChI is InChI=1S/C11H18N2O3SSi/c1-6-5-17-10-7(12)9(14)13(10)8(6)11(15)16-18(2,3)4/h7,10H,5,12H2,1-4H3/t7?,10-/m1/s1. The van der Waals surface area contributed by atoms with Gasteiger partial charge in [-0.15, -0.1) is 11.8 Å². The first-order chi connectivity index (χ1) is 8.22. The van der Waals surface area contributed by atoms with E-state index in [9.17, 15) is 9.59 Å². The third kappa shape index (κ3) is 2.22. The molecule has 2 aliphatic rings. The van der Waals surface area contributed by atoms with Crippen LogP contribution in [0.4, 0.5) is 0 Å². The number of rotatable bonds is 2. The largest absolute Gasteiger partial charge is 0.515 e. The minimum atomic E-state index is -1.96. The molecule has 0 saturated carbocycles. The summed E-state index contributed by atoms with van der Waals surface area (Å²) in [7, 11) is -1.96. The molecule has 0 spiro atoms. The average molecular weight is 286 g/mol. The lowest BCUT2D eigenvalue weighted by Crippen LogP contribution is -2.68. The van der Waals surface area contributed by atoms with Crippen molar-refractivity contribution in [3.8, 4) is 0 Å². The molecular formula is C11H18N2O3SSi. The molecule has 1 unspecified atom stereocenters. The lowest BCUT2D eigenvalue weighted by Gasteiger charge is -2.48. The Hall–Kier alpha value is -0.793. The highest BCUT2D eigenvalue weighted by Gasteiger charge is 2.51. The second kappa shape index (κ2) is 4.39. The topological polar surface area (TPSA) is 72.6 Å². The van der Waals surface area contributed by atoms with Crippen LogP contribution in [0.5, 0.6) is 0 Å². The first-order valence-electron chi connectivity index (χ1n) is 5.86. The average Bonchev–Trinajstić information content (AvgIpc) is 2.25. The highest BCUT2D eigenvalue weighted by molar-refractivity contribution is 8.00. The van der Waals surface area contributed by atoms with Gasteiger partial charge >= 0.3 is 5.97 Å². The monoisotopic (exact) mass is 286 g/mol. The predicted octanol–water partition coefficient (Wildman–Crippen LogP) is 0.881. The van der Waals surface area contributed by atoms with Crippen molar-refractivity contribution >= 4 is 32.0 Å². The van der Waals surface area contributed by atoms with E-state index in [-0.39, 0.29) is 17.3 Å². The molecule has 0 aromatic heterocycles. The van der Waals surface area contributed by atoms with Gasteiger partial charge in [0.05, 0.1) is 0 Å². The van der Waals surface area contributed by atoms with E-state index < -0.39 is 14.4 Å². The van der Waals surface area contributed by atoms with Gasteiger partial charge in [-0.25, -0.2) is 4.79 Å². The van der Waals surface area contributed by atoms with Crippen LogP contribution < -0.4 is 5.73 Å². The molecule has 0 radical (unpaired) electrons. The van der Waals surface area contributed by atoms with Crippen molar-refractivity contribution in [2.24, 2.45) is 5.73 Å². The fourth-order valence-corrected chi connectivity index (χ4v) is 3.88. The van der Waals surface area contributed by atoms with Crippen molar-refractivity contribution < 1.29 is 14.0 Å². The van der Waals surface area contributed by atoms with Crippen molar-refractivity contribution in [3.05, 3.63) is 11.3 Å². The zero-order valence-corrected chi connectivity index (χ0v) is 12.8. The summed E-state index contributed by atoms with van der Waals surface area (Å²) < 4.78 is 5.48. The number of nitrogens with zero attached hydrogens (tertiary/aromatic N) is 1. The number of hydrogen-bond acceptors (Lipinski definition) is 5. The Morgan fingerprint density at radius 1 is 1.50 bits per heavy atom. The third-order valence-corrected chi connectivity index (χ3v) is 5.04. The SMILES string of the molecule is CC1=C(C(=O)O[Si](C)(C)C)N2C(=O)C(N)[C@H]2SC1. The molecule has 7 heteroatoms. The lowest BCUT2D eigenvalue weighted by atomic mass is 10.0. The molecule has 2 aliphatic heterocycles. The zero-order chi connectivity index (χ0) is 13.7. The van der Waals surface area contributed by atoms with Crippen LogP contribution in [-0.2, 0) is 14.0 Å². The summed E-state index contributed by atoms with van der Waals surface area (Å²) >= 11 is 1.60. The van der Waals surface area contributed by atoms with Crippen LogP contribution >= 0.6 is 11.8 Å². The van der Waals surface area contributed by atoms with Gasteiger partial charge in [0.2, 0.25) is 14.2 Å². The first kappa shape index (κ1) is 13.6. The molecule has 2 N–H and O–H groups in total. The molecule has 2 heterocycles. The van der Waals surface area contributed by atoms with Gasteiger partial charge in [0.25, 0.3) is 0 Å². The summed E-state index contributed by atoms with van der Waals surface area (Å²) in [6, 6.07) is -0.488. The maximum absolute atomic E-state index is 12.2. The van der Waals surface area contributed by atoms with Crippen LogP contribution in [0.2, 0.25) is 19.6 Å². The molecule has 5 nitrogen and oxygen atoms in total. The van der Waals surface area contributed by atoms with Crippen LogP contribution in [0.25, 0.3) is 0 Å². The number of hydrogen-bond donors (Lipinski definition) is 1. The number of thioether (sulfide) groups is 1. The Labute approximate surface area is 112 Å². The Morgan fingerprint density at radius 2 is 2.11 bits per heavy atom. The number of β-lactam (4-membered cyclic amide) rings is 1. The number of amides is 1. The van der Waals surface area contributed by atoms with Gasteiger partial charge in [-0.2, -0.15) is 0 Å². The van der Waals surface area contributed by atoms with Crippen molar-refractivity contribution in [1.29, 1.82) is 0 Å². The van der Waals surface area contributed by atoms with Gasteiger partial charge in [0, 0.05) is 5.75 Å².